The number of rotatable bonds is 0. The minimum absolute atomic E-state index is 0.119. The molecule has 0 saturated carbocycles. The zero-order chi connectivity index (χ0) is 9.47. The first-order chi connectivity index (χ1) is 6.11. The normalized spacial score (nSPS) is 31.5. The van der Waals surface area contributed by atoms with Crippen LogP contribution in [0.4, 0.5) is 9.18 Å². The molecule has 2 saturated heterocycles. The molecule has 2 heterocycles. The van der Waals surface area contributed by atoms with E-state index >= 15 is 0 Å². The minimum Gasteiger partial charge on any atom is -0.465 e. The molecular weight excluding hydrogens is 177 g/mol. The molecule has 1 amide bonds. The fraction of sp³-hybridized carbons (Fsp3) is 0.875. The van der Waals surface area contributed by atoms with Gasteiger partial charge in [0.05, 0.1) is 19.7 Å². The molecule has 2 aliphatic heterocycles. The summed E-state index contributed by atoms with van der Waals surface area (Å²) in [5, 5.41) is 8.60. The average Bonchev–Trinajstić information content (AvgIpc) is 2.02. The molecule has 74 valence electrons. The predicted octanol–water partition coefficient (Wildman–Crippen LogP) is 0.867. The summed E-state index contributed by atoms with van der Waals surface area (Å²) in [7, 11) is 0. The molecule has 0 aromatic carbocycles. The number of ether oxygens (including phenoxy) is 1. The van der Waals surface area contributed by atoms with Gasteiger partial charge in [-0.2, -0.15) is 0 Å². The van der Waals surface area contributed by atoms with Crippen LogP contribution in [-0.4, -0.2) is 47.6 Å². The topological polar surface area (TPSA) is 49.8 Å². The Morgan fingerprint density at radius 1 is 1.62 bits per heavy atom. The molecule has 1 N–H and O–H groups in total. The number of nitrogens with zero attached hydrogens (tertiary/aromatic N) is 1. The van der Waals surface area contributed by atoms with Crippen molar-refractivity contribution in [1.29, 1.82) is 0 Å². The third-order valence-electron chi connectivity index (χ3n) is 2.71. The monoisotopic (exact) mass is 189 g/mol. The van der Waals surface area contributed by atoms with Crippen molar-refractivity contribution in [2.45, 2.75) is 24.6 Å². The Morgan fingerprint density at radius 2 is 2.31 bits per heavy atom. The van der Waals surface area contributed by atoms with E-state index in [0.29, 0.717) is 25.9 Å². The summed E-state index contributed by atoms with van der Waals surface area (Å²) >= 11 is 0. The van der Waals surface area contributed by atoms with Gasteiger partial charge in [0.15, 0.2) is 0 Å². The quantitative estimate of drug-likeness (QED) is 0.615. The first-order valence-electron chi connectivity index (χ1n) is 4.37. The van der Waals surface area contributed by atoms with Gasteiger partial charge in [-0.1, -0.05) is 0 Å². The van der Waals surface area contributed by atoms with Gasteiger partial charge < -0.3 is 14.7 Å². The first-order valence-corrected chi connectivity index (χ1v) is 4.37. The van der Waals surface area contributed by atoms with Crippen molar-refractivity contribution in [2.75, 3.05) is 19.7 Å². The SMILES string of the molecule is O=C(O)N1CC2(CCC(F)CO2)C1. The summed E-state index contributed by atoms with van der Waals surface area (Å²) in [5.74, 6) is 0. The molecule has 2 aliphatic rings. The van der Waals surface area contributed by atoms with Gasteiger partial charge in [-0.05, 0) is 12.8 Å². The van der Waals surface area contributed by atoms with Crippen molar-refractivity contribution in [1.82, 2.24) is 4.90 Å². The Morgan fingerprint density at radius 3 is 2.77 bits per heavy atom. The number of amides is 1. The van der Waals surface area contributed by atoms with E-state index in [4.69, 9.17) is 9.84 Å². The van der Waals surface area contributed by atoms with Gasteiger partial charge in [0.1, 0.15) is 11.8 Å². The maximum Gasteiger partial charge on any atom is 0.407 e. The van der Waals surface area contributed by atoms with E-state index in [-0.39, 0.29) is 12.2 Å². The number of hydrogen-bond donors (Lipinski definition) is 1. The zero-order valence-corrected chi connectivity index (χ0v) is 7.20. The molecule has 1 spiro atoms. The van der Waals surface area contributed by atoms with Crippen LogP contribution < -0.4 is 0 Å². The molecule has 0 aromatic rings. The van der Waals surface area contributed by atoms with Crippen molar-refractivity contribution in [2.24, 2.45) is 0 Å². The smallest absolute Gasteiger partial charge is 0.407 e. The number of halogens is 1. The molecular formula is C8H12FNO3. The lowest BCUT2D eigenvalue weighted by atomic mass is 9.86. The molecule has 1 unspecified atom stereocenters. The van der Waals surface area contributed by atoms with E-state index in [0.717, 1.165) is 0 Å². The van der Waals surface area contributed by atoms with Crippen molar-refractivity contribution >= 4 is 6.09 Å². The van der Waals surface area contributed by atoms with Crippen LogP contribution in [0.3, 0.4) is 0 Å². The number of carbonyl (C=O) groups is 1. The minimum atomic E-state index is -0.920. The number of carboxylic acid groups (broad SMARTS) is 1. The third kappa shape index (κ3) is 1.48. The number of likely N-dealkylation sites (tertiary alicyclic amines) is 1. The Bertz CT molecular complexity index is 217. The summed E-state index contributed by atoms with van der Waals surface area (Å²) in [5.41, 5.74) is -0.360. The Balaban J connectivity index is 1.86. The molecule has 0 radical (unpaired) electrons. The standard InChI is InChI=1S/C8H12FNO3/c9-6-1-2-8(13-3-6)4-10(5-8)7(11)12/h6H,1-5H2,(H,11,12). The van der Waals surface area contributed by atoms with Crippen molar-refractivity contribution < 1.29 is 19.0 Å². The van der Waals surface area contributed by atoms with E-state index in [1.807, 2.05) is 0 Å². The predicted molar refractivity (Wildman–Crippen MR) is 42.4 cm³/mol. The zero-order valence-electron chi connectivity index (χ0n) is 7.20. The van der Waals surface area contributed by atoms with Crippen molar-refractivity contribution in [3.05, 3.63) is 0 Å². The second kappa shape index (κ2) is 2.83. The van der Waals surface area contributed by atoms with Crippen molar-refractivity contribution in [3.8, 4) is 0 Å². The van der Waals surface area contributed by atoms with Crippen molar-refractivity contribution in [3.63, 3.8) is 0 Å². The highest BCUT2D eigenvalue weighted by atomic mass is 19.1. The maximum atomic E-state index is 12.7. The van der Waals surface area contributed by atoms with Crippen LogP contribution in [0.1, 0.15) is 12.8 Å². The Labute approximate surface area is 75.3 Å². The summed E-state index contributed by atoms with van der Waals surface area (Å²) in [6.07, 6.45) is -0.660. The summed E-state index contributed by atoms with van der Waals surface area (Å²) in [6, 6.07) is 0. The average molecular weight is 189 g/mol. The van der Waals surface area contributed by atoms with Gasteiger partial charge in [-0.25, -0.2) is 9.18 Å². The van der Waals surface area contributed by atoms with Crippen LogP contribution in [-0.2, 0) is 4.74 Å². The molecule has 5 heteroatoms. The van der Waals surface area contributed by atoms with Gasteiger partial charge in [0, 0.05) is 0 Å². The first kappa shape index (κ1) is 8.74. The fourth-order valence-electron chi connectivity index (χ4n) is 1.88. The van der Waals surface area contributed by atoms with Crippen LogP contribution in [0.5, 0.6) is 0 Å². The van der Waals surface area contributed by atoms with Gasteiger partial charge in [-0.15, -0.1) is 0 Å². The molecule has 0 bridgehead atoms. The van der Waals surface area contributed by atoms with Crippen LogP contribution in [0.15, 0.2) is 0 Å². The molecule has 13 heavy (non-hydrogen) atoms. The highest BCUT2D eigenvalue weighted by Gasteiger charge is 2.48. The lowest BCUT2D eigenvalue weighted by Crippen LogP contribution is -2.66. The maximum absolute atomic E-state index is 12.7. The largest absolute Gasteiger partial charge is 0.465 e. The molecule has 4 nitrogen and oxygen atoms in total. The van der Waals surface area contributed by atoms with E-state index < -0.39 is 12.3 Å². The summed E-state index contributed by atoms with van der Waals surface area (Å²) in [4.78, 5) is 11.8. The highest BCUT2D eigenvalue weighted by molar-refractivity contribution is 5.66. The van der Waals surface area contributed by atoms with Gasteiger partial charge in [-0.3, -0.25) is 0 Å². The van der Waals surface area contributed by atoms with E-state index in [9.17, 15) is 9.18 Å². The third-order valence-corrected chi connectivity index (χ3v) is 2.71. The van der Waals surface area contributed by atoms with Crippen LogP contribution in [0, 0.1) is 0 Å². The molecule has 1 atom stereocenters. The number of alkyl halides is 1. The number of hydrogen-bond acceptors (Lipinski definition) is 2. The second-order valence-electron chi connectivity index (χ2n) is 3.77. The van der Waals surface area contributed by atoms with Gasteiger partial charge in [0.25, 0.3) is 0 Å². The van der Waals surface area contributed by atoms with Crippen LogP contribution in [0.2, 0.25) is 0 Å². The summed E-state index contributed by atoms with van der Waals surface area (Å²) < 4.78 is 18.0. The Hall–Kier alpha value is -0.840. The Kier molecular flexibility index (Phi) is 1.91. The highest BCUT2D eigenvalue weighted by Crippen LogP contribution is 2.34. The second-order valence-corrected chi connectivity index (χ2v) is 3.77. The molecule has 2 fully saturated rings. The lowest BCUT2D eigenvalue weighted by molar-refractivity contribution is -0.171. The lowest BCUT2D eigenvalue weighted by Gasteiger charge is -2.50. The molecule has 2 rings (SSSR count). The van der Waals surface area contributed by atoms with E-state index in [1.54, 1.807) is 0 Å². The fourth-order valence-corrected chi connectivity index (χ4v) is 1.88. The molecule has 0 aliphatic carbocycles. The summed E-state index contributed by atoms with van der Waals surface area (Å²) in [6.45, 7) is 0.914. The van der Waals surface area contributed by atoms with Gasteiger partial charge in [0.2, 0.25) is 0 Å². The van der Waals surface area contributed by atoms with E-state index in [2.05, 4.69) is 0 Å². The van der Waals surface area contributed by atoms with Crippen LogP contribution >= 0.6 is 0 Å². The van der Waals surface area contributed by atoms with Crippen LogP contribution in [0.25, 0.3) is 0 Å². The molecule has 0 aromatic heterocycles. The van der Waals surface area contributed by atoms with E-state index in [1.165, 1.54) is 4.90 Å². The van der Waals surface area contributed by atoms with Gasteiger partial charge >= 0.3 is 6.09 Å².